The van der Waals surface area contributed by atoms with Gasteiger partial charge in [-0.25, -0.2) is 5.43 Å². The molecule has 3 aromatic rings. The summed E-state index contributed by atoms with van der Waals surface area (Å²) in [5.74, 6) is -0.243. The van der Waals surface area contributed by atoms with E-state index in [9.17, 15) is 9.59 Å². The molecule has 7 heteroatoms. The van der Waals surface area contributed by atoms with E-state index in [2.05, 4.69) is 34.6 Å². The first kappa shape index (κ1) is 25.2. The lowest BCUT2D eigenvalue weighted by atomic mass is 10.1. The molecular formula is C28H30N4O3. The molecule has 35 heavy (non-hydrogen) atoms. The third-order valence-electron chi connectivity index (χ3n) is 5.23. The summed E-state index contributed by atoms with van der Waals surface area (Å²) in [6, 6.07) is 20.1. The summed E-state index contributed by atoms with van der Waals surface area (Å²) in [6.45, 7) is 7.75. The molecule has 0 spiro atoms. The molecule has 180 valence electrons. The van der Waals surface area contributed by atoms with Gasteiger partial charge in [0, 0.05) is 24.3 Å². The number of hydrogen-bond donors (Lipinski definition) is 2. The van der Waals surface area contributed by atoms with Gasteiger partial charge in [-0.05, 0) is 81.0 Å². The van der Waals surface area contributed by atoms with E-state index in [0.717, 1.165) is 24.3 Å². The van der Waals surface area contributed by atoms with Crippen molar-refractivity contribution in [2.24, 2.45) is 5.10 Å². The van der Waals surface area contributed by atoms with E-state index >= 15 is 0 Å². The lowest BCUT2D eigenvalue weighted by Gasteiger charge is -2.21. The fourth-order valence-electron chi connectivity index (χ4n) is 3.30. The SMILES string of the molecule is CCN(CC)c1ccc(/C=C(/NC(=O)c2ccccc2)C(=O)NN=C(C)/C=C\c2ccco2)cc1. The second-order valence-electron chi connectivity index (χ2n) is 7.68. The monoisotopic (exact) mass is 470 g/mol. The number of amides is 2. The van der Waals surface area contributed by atoms with Crippen molar-refractivity contribution in [3.05, 3.63) is 102 Å². The quantitative estimate of drug-likeness (QED) is 0.245. The number of hydrazone groups is 1. The molecule has 1 aromatic heterocycles. The van der Waals surface area contributed by atoms with Gasteiger partial charge in [0.05, 0.1) is 12.0 Å². The van der Waals surface area contributed by atoms with Crippen LogP contribution in [0.3, 0.4) is 0 Å². The van der Waals surface area contributed by atoms with E-state index in [1.54, 1.807) is 61.7 Å². The number of anilines is 1. The Morgan fingerprint density at radius 1 is 0.971 bits per heavy atom. The Hall–Kier alpha value is -4.39. The average molecular weight is 471 g/mol. The lowest BCUT2D eigenvalue weighted by Crippen LogP contribution is -2.33. The Morgan fingerprint density at radius 2 is 1.69 bits per heavy atom. The summed E-state index contributed by atoms with van der Waals surface area (Å²) >= 11 is 0. The van der Waals surface area contributed by atoms with Crippen LogP contribution in [0.4, 0.5) is 5.69 Å². The Kier molecular flexibility index (Phi) is 9.19. The van der Waals surface area contributed by atoms with Crippen LogP contribution in [-0.4, -0.2) is 30.6 Å². The van der Waals surface area contributed by atoms with Crippen LogP contribution in [0, 0.1) is 0 Å². The van der Waals surface area contributed by atoms with Crippen LogP contribution in [0.5, 0.6) is 0 Å². The molecule has 7 nitrogen and oxygen atoms in total. The maximum Gasteiger partial charge on any atom is 0.287 e. The van der Waals surface area contributed by atoms with Gasteiger partial charge in [0.25, 0.3) is 11.8 Å². The molecule has 0 radical (unpaired) electrons. The topological polar surface area (TPSA) is 86.9 Å². The minimum Gasteiger partial charge on any atom is -0.465 e. The first-order valence-corrected chi connectivity index (χ1v) is 11.5. The minimum absolute atomic E-state index is 0.0843. The Labute approximate surface area is 205 Å². The number of rotatable bonds is 10. The Bertz CT molecular complexity index is 1190. The zero-order chi connectivity index (χ0) is 25.0. The molecule has 0 aliphatic carbocycles. The molecule has 0 saturated carbocycles. The van der Waals surface area contributed by atoms with Crippen molar-refractivity contribution in [2.45, 2.75) is 20.8 Å². The van der Waals surface area contributed by atoms with Crippen molar-refractivity contribution in [1.82, 2.24) is 10.7 Å². The van der Waals surface area contributed by atoms with Crippen molar-refractivity contribution in [2.75, 3.05) is 18.0 Å². The molecule has 2 aromatic carbocycles. The molecule has 2 amide bonds. The number of carbonyl (C=O) groups is 2. The highest BCUT2D eigenvalue weighted by molar-refractivity contribution is 6.06. The number of nitrogens with zero attached hydrogens (tertiary/aromatic N) is 2. The zero-order valence-corrected chi connectivity index (χ0v) is 20.2. The van der Waals surface area contributed by atoms with E-state index in [-0.39, 0.29) is 11.6 Å². The normalized spacial score (nSPS) is 12.0. The van der Waals surface area contributed by atoms with Crippen molar-refractivity contribution >= 4 is 35.4 Å². The number of hydrogen-bond acceptors (Lipinski definition) is 5. The number of allylic oxidation sites excluding steroid dienone is 1. The Balaban J connectivity index is 1.80. The second kappa shape index (κ2) is 12.7. The largest absolute Gasteiger partial charge is 0.465 e. The summed E-state index contributed by atoms with van der Waals surface area (Å²) in [6.07, 6.45) is 6.67. The van der Waals surface area contributed by atoms with Gasteiger partial charge < -0.3 is 14.6 Å². The molecule has 0 bridgehead atoms. The number of nitrogens with one attached hydrogen (secondary N) is 2. The Morgan fingerprint density at radius 3 is 2.31 bits per heavy atom. The summed E-state index contributed by atoms with van der Waals surface area (Å²) in [7, 11) is 0. The smallest absolute Gasteiger partial charge is 0.287 e. The van der Waals surface area contributed by atoms with Crippen LogP contribution in [0.25, 0.3) is 12.2 Å². The molecule has 0 atom stereocenters. The van der Waals surface area contributed by atoms with Gasteiger partial charge in [-0.15, -0.1) is 0 Å². The fraction of sp³-hybridized carbons (Fsp3) is 0.179. The van der Waals surface area contributed by atoms with Gasteiger partial charge in [-0.2, -0.15) is 5.10 Å². The third kappa shape index (κ3) is 7.57. The number of carbonyl (C=O) groups excluding carboxylic acids is 2. The lowest BCUT2D eigenvalue weighted by molar-refractivity contribution is -0.117. The van der Waals surface area contributed by atoms with Crippen LogP contribution in [0.1, 0.15) is 42.5 Å². The molecule has 0 unspecified atom stereocenters. The minimum atomic E-state index is -0.534. The van der Waals surface area contributed by atoms with E-state index in [1.165, 1.54) is 0 Å². The maximum atomic E-state index is 13.0. The fourth-order valence-corrected chi connectivity index (χ4v) is 3.30. The molecule has 2 N–H and O–H groups in total. The molecule has 0 aliphatic rings. The van der Waals surface area contributed by atoms with Gasteiger partial charge in [-0.3, -0.25) is 9.59 Å². The van der Waals surface area contributed by atoms with E-state index < -0.39 is 5.91 Å². The van der Waals surface area contributed by atoms with E-state index in [4.69, 9.17) is 4.42 Å². The highest BCUT2D eigenvalue weighted by Crippen LogP contribution is 2.16. The number of furan rings is 1. The van der Waals surface area contributed by atoms with Crippen LogP contribution in [-0.2, 0) is 4.79 Å². The van der Waals surface area contributed by atoms with Gasteiger partial charge in [0.1, 0.15) is 11.5 Å². The van der Waals surface area contributed by atoms with Gasteiger partial charge in [-0.1, -0.05) is 30.3 Å². The van der Waals surface area contributed by atoms with Crippen molar-refractivity contribution in [1.29, 1.82) is 0 Å². The molecule has 1 heterocycles. The van der Waals surface area contributed by atoms with Crippen molar-refractivity contribution in [3.8, 4) is 0 Å². The van der Waals surface area contributed by atoms with E-state index in [1.807, 2.05) is 36.4 Å². The molecule has 0 fully saturated rings. The maximum absolute atomic E-state index is 13.0. The van der Waals surface area contributed by atoms with Crippen LogP contribution in [0.2, 0.25) is 0 Å². The highest BCUT2D eigenvalue weighted by Gasteiger charge is 2.14. The van der Waals surface area contributed by atoms with E-state index in [0.29, 0.717) is 17.0 Å². The summed E-state index contributed by atoms with van der Waals surface area (Å²) < 4.78 is 5.25. The van der Waals surface area contributed by atoms with Gasteiger partial charge in [0.15, 0.2) is 0 Å². The van der Waals surface area contributed by atoms with Gasteiger partial charge >= 0.3 is 0 Å². The first-order chi connectivity index (χ1) is 17.0. The standard InChI is InChI=1S/C28H30N4O3/c1-4-32(5-2)24-16-14-22(15-17-24)20-26(29-27(33)23-10-7-6-8-11-23)28(34)31-30-21(3)13-18-25-12-9-19-35-25/h6-20H,4-5H2,1-3H3,(H,29,33)(H,31,34)/b18-13-,26-20+,30-21?. The molecule has 0 saturated heterocycles. The van der Waals surface area contributed by atoms with Crippen LogP contribution in [0.15, 0.2) is 94.3 Å². The first-order valence-electron chi connectivity index (χ1n) is 11.5. The number of benzene rings is 2. The molecule has 0 aliphatic heterocycles. The molecule has 3 rings (SSSR count). The highest BCUT2D eigenvalue weighted by atomic mass is 16.3. The zero-order valence-electron chi connectivity index (χ0n) is 20.2. The molecular weight excluding hydrogens is 440 g/mol. The van der Waals surface area contributed by atoms with Gasteiger partial charge in [0.2, 0.25) is 0 Å². The summed E-state index contributed by atoms with van der Waals surface area (Å²) in [4.78, 5) is 27.9. The van der Waals surface area contributed by atoms with Crippen LogP contribution >= 0.6 is 0 Å². The van der Waals surface area contributed by atoms with Crippen molar-refractivity contribution in [3.63, 3.8) is 0 Å². The summed E-state index contributed by atoms with van der Waals surface area (Å²) in [5, 5.41) is 6.83. The van der Waals surface area contributed by atoms with Crippen LogP contribution < -0.4 is 15.6 Å². The predicted octanol–water partition coefficient (Wildman–Crippen LogP) is 5.10. The second-order valence-corrected chi connectivity index (χ2v) is 7.68. The summed E-state index contributed by atoms with van der Waals surface area (Å²) in [5.41, 5.74) is 5.48. The predicted molar refractivity (Wildman–Crippen MR) is 141 cm³/mol. The van der Waals surface area contributed by atoms with Crippen molar-refractivity contribution < 1.29 is 14.0 Å². The third-order valence-corrected chi connectivity index (χ3v) is 5.23. The average Bonchev–Trinajstić information content (AvgIpc) is 3.41.